The summed E-state index contributed by atoms with van der Waals surface area (Å²) in [5.74, 6) is 0.512. The largest absolute Gasteiger partial charge is 0.324 e. The molecule has 1 aliphatic carbocycles. The molecule has 0 saturated heterocycles. The Hall–Kier alpha value is -0.910. The van der Waals surface area contributed by atoms with Gasteiger partial charge in [0.15, 0.2) is 0 Å². The van der Waals surface area contributed by atoms with Crippen LogP contribution < -0.4 is 5.73 Å². The maximum absolute atomic E-state index is 12.5. The Morgan fingerprint density at radius 1 is 1.25 bits per heavy atom. The van der Waals surface area contributed by atoms with E-state index in [0.29, 0.717) is 17.4 Å². The van der Waals surface area contributed by atoms with Gasteiger partial charge < -0.3 is 5.73 Å². The van der Waals surface area contributed by atoms with Crippen LogP contribution in [0.25, 0.3) is 0 Å². The van der Waals surface area contributed by atoms with Crippen molar-refractivity contribution in [2.45, 2.75) is 43.5 Å². The van der Waals surface area contributed by atoms with Crippen molar-refractivity contribution < 1.29 is 8.42 Å². The predicted octanol–water partition coefficient (Wildman–Crippen LogP) is 2.52. The third-order valence-electron chi connectivity index (χ3n) is 4.10. The highest BCUT2D eigenvalue weighted by Gasteiger charge is 2.25. The van der Waals surface area contributed by atoms with Crippen molar-refractivity contribution in [3.63, 3.8) is 0 Å². The second-order valence-corrected chi connectivity index (χ2v) is 7.84. The molecule has 1 unspecified atom stereocenters. The third-order valence-corrected chi connectivity index (χ3v) is 5.94. The highest BCUT2D eigenvalue weighted by molar-refractivity contribution is 7.89. The van der Waals surface area contributed by atoms with Gasteiger partial charge in [0.25, 0.3) is 0 Å². The van der Waals surface area contributed by atoms with Gasteiger partial charge in [-0.05, 0) is 43.4 Å². The molecule has 2 rings (SSSR count). The Kier molecular flexibility index (Phi) is 4.83. The van der Waals surface area contributed by atoms with Gasteiger partial charge in [-0.1, -0.05) is 25.0 Å². The van der Waals surface area contributed by atoms with Crippen molar-refractivity contribution in [3.05, 3.63) is 29.8 Å². The molecule has 0 aliphatic heterocycles. The van der Waals surface area contributed by atoms with E-state index < -0.39 is 10.0 Å². The summed E-state index contributed by atoms with van der Waals surface area (Å²) in [6.45, 7) is 2.51. The molecule has 1 atom stereocenters. The quantitative estimate of drug-likeness (QED) is 0.908. The standard InChI is InChI=1S/C15H24N2O2S/c1-12(16)14-7-9-15(10-8-14)20(18,19)17(2)11-13-5-3-4-6-13/h7-10,12-13H,3-6,11,16H2,1-2H3. The molecule has 1 fully saturated rings. The van der Waals surface area contributed by atoms with E-state index in [1.165, 1.54) is 17.1 Å². The summed E-state index contributed by atoms with van der Waals surface area (Å²) in [6, 6.07) is 6.81. The van der Waals surface area contributed by atoms with Crippen molar-refractivity contribution in [2.24, 2.45) is 11.7 Å². The summed E-state index contributed by atoms with van der Waals surface area (Å²) in [6.07, 6.45) is 4.73. The van der Waals surface area contributed by atoms with Gasteiger partial charge in [0.1, 0.15) is 0 Å². The molecule has 0 amide bonds. The summed E-state index contributed by atoms with van der Waals surface area (Å²) in [7, 11) is -1.70. The maximum atomic E-state index is 12.5. The van der Waals surface area contributed by atoms with Crippen LogP contribution in [-0.2, 0) is 10.0 Å². The lowest BCUT2D eigenvalue weighted by Crippen LogP contribution is -2.31. The second kappa shape index (κ2) is 6.24. The fourth-order valence-corrected chi connectivity index (χ4v) is 4.02. The summed E-state index contributed by atoms with van der Waals surface area (Å²) in [4.78, 5) is 0.349. The number of sulfonamides is 1. The zero-order chi connectivity index (χ0) is 14.8. The van der Waals surface area contributed by atoms with Gasteiger partial charge in [0.2, 0.25) is 10.0 Å². The lowest BCUT2D eigenvalue weighted by atomic mass is 10.1. The second-order valence-electron chi connectivity index (χ2n) is 5.79. The van der Waals surface area contributed by atoms with Gasteiger partial charge in [-0.2, -0.15) is 0 Å². The molecule has 1 aliphatic rings. The van der Waals surface area contributed by atoms with Crippen molar-refractivity contribution in [1.82, 2.24) is 4.31 Å². The SMILES string of the molecule is CC(N)c1ccc(S(=O)(=O)N(C)CC2CCCC2)cc1. The van der Waals surface area contributed by atoms with Gasteiger partial charge in [-0.25, -0.2) is 12.7 Å². The molecule has 2 N–H and O–H groups in total. The van der Waals surface area contributed by atoms with Crippen LogP contribution in [0.4, 0.5) is 0 Å². The van der Waals surface area contributed by atoms with Crippen LogP contribution in [0.15, 0.2) is 29.2 Å². The molecule has 1 aromatic carbocycles. The molecule has 0 radical (unpaired) electrons. The Morgan fingerprint density at radius 2 is 1.80 bits per heavy atom. The van der Waals surface area contributed by atoms with Crippen LogP contribution in [0.5, 0.6) is 0 Å². The highest BCUT2D eigenvalue weighted by Crippen LogP contribution is 2.27. The van der Waals surface area contributed by atoms with E-state index in [4.69, 9.17) is 5.73 Å². The summed E-state index contributed by atoms with van der Waals surface area (Å²) in [5, 5.41) is 0. The fourth-order valence-electron chi connectivity index (χ4n) is 2.78. The molecule has 20 heavy (non-hydrogen) atoms. The average molecular weight is 296 g/mol. The van der Waals surface area contributed by atoms with Crippen LogP contribution >= 0.6 is 0 Å². The summed E-state index contributed by atoms with van der Waals surface area (Å²) in [5.41, 5.74) is 6.73. The van der Waals surface area contributed by atoms with Crippen molar-refractivity contribution >= 4 is 10.0 Å². The smallest absolute Gasteiger partial charge is 0.242 e. The lowest BCUT2D eigenvalue weighted by Gasteiger charge is -2.21. The molecule has 1 saturated carbocycles. The van der Waals surface area contributed by atoms with Crippen LogP contribution in [0, 0.1) is 5.92 Å². The van der Waals surface area contributed by atoms with Crippen molar-refractivity contribution in [2.75, 3.05) is 13.6 Å². The number of hydrogen-bond acceptors (Lipinski definition) is 3. The zero-order valence-corrected chi connectivity index (χ0v) is 13.1. The van der Waals surface area contributed by atoms with Gasteiger partial charge in [0, 0.05) is 19.6 Å². The van der Waals surface area contributed by atoms with E-state index in [9.17, 15) is 8.42 Å². The van der Waals surface area contributed by atoms with Gasteiger partial charge in [-0.15, -0.1) is 0 Å². The average Bonchev–Trinajstić information content (AvgIpc) is 2.91. The van der Waals surface area contributed by atoms with Gasteiger partial charge in [-0.3, -0.25) is 0 Å². The topological polar surface area (TPSA) is 63.4 Å². The number of nitrogens with two attached hydrogens (primary N) is 1. The number of rotatable bonds is 5. The zero-order valence-electron chi connectivity index (χ0n) is 12.2. The third kappa shape index (κ3) is 3.40. The van der Waals surface area contributed by atoms with E-state index >= 15 is 0 Å². The Balaban J connectivity index is 2.11. The fraction of sp³-hybridized carbons (Fsp3) is 0.600. The Labute approximate surface area is 122 Å². The minimum atomic E-state index is -3.38. The van der Waals surface area contributed by atoms with E-state index in [0.717, 1.165) is 18.4 Å². The van der Waals surface area contributed by atoms with E-state index in [2.05, 4.69) is 0 Å². The minimum absolute atomic E-state index is 0.0806. The molecule has 0 bridgehead atoms. The first-order valence-corrected chi connectivity index (χ1v) is 8.67. The Bertz CT molecular complexity index is 531. The molecule has 0 heterocycles. The van der Waals surface area contributed by atoms with Crippen LogP contribution in [0.3, 0.4) is 0 Å². The number of benzene rings is 1. The normalized spacial score (nSPS) is 18.6. The maximum Gasteiger partial charge on any atom is 0.242 e. The first kappa shape index (κ1) is 15.5. The first-order chi connectivity index (χ1) is 9.41. The van der Waals surface area contributed by atoms with Crippen molar-refractivity contribution in [3.8, 4) is 0 Å². The molecule has 1 aromatic rings. The van der Waals surface area contributed by atoms with E-state index in [1.807, 2.05) is 6.92 Å². The highest BCUT2D eigenvalue weighted by atomic mass is 32.2. The van der Waals surface area contributed by atoms with Crippen molar-refractivity contribution in [1.29, 1.82) is 0 Å². The molecule has 0 aromatic heterocycles. The lowest BCUT2D eigenvalue weighted by molar-refractivity contribution is 0.387. The van der Waals surface area contributed by atoms with Crippen LogP contribution in [0.1, 0.15) is 44.2 Å². The first-order valence-electron chi connectivity index (χ1n) is 7.23. The summed E-state index contributed by atoms with van der Waals surface area (Å²) < 4.78 is 26.5. The molecule has 0 spiro atoms. The van der Waals surface area contributed by atoms with E-state index in [-0.39, 0.29) is 6.04 Å². The predicted molar refractivity (Wildman–Crippen MR) is 80.8 cm³/mol. The summed E-state index contributed by atoms with van der Waals surface area (Å²) >= 11 is 0. The van der Waals surface area contributed by atoms with Crippen LogP contribution in [0.2, 0.25) is 0 Å². The van der Waals surface area contributed by atoms with Gasteiger partial charge >= 0.3 is 0 Å². The molecule has 112 valence electrons. The number of nitrogens with zero attached hydrogens (tertiary/aromatic N) is 1. The Morgan fingerprint density at radius 3 is 2.30 bits per heavy atom. The number of hydrogen-bond donors (Lipinski definition) is 1. The molecular formula is C15H24N2O2S. The van der Waals surface area contributed by atoms with Crippen LogP contribution in [-0.4, -0.2) is 26.3 Å². The minimum Gasteiger partial charge on any atom is -0.324 e. The van der Waals surface area contributed by atoms with E-state index in [1.54, 1.807) is 31.3 Å². The molecule has 4 nitrogen and oxygen atoms in total. The molecule has 5 heteroatoms. The molecular weight excluding hydrogens is 272 g/mol. The monoisotopic (exact) mass is 296 g/mol. The van der Waals surface area contributed by atoms with Gasteiger partial charge in [0.05, 0.1) is 4.90 Å².